The Labute approximate surface area is 118 Å². The van der Waals surface area contributed by atoms with Gasteiger partial charge in [-0.15, -0.1) is 0 Å². The van der Waals surface area contributed by atoms with Crippen molar-refractivity contribution in [3.63, 3.8) is 0 Å². The van der Waals surface area contributed by atoms with Crippen LogP contribution in [0.1, 0.15) is 5.56 Å². The molecule has 0 N–H and O–H groups in total. The normalized spacial score (nSPS) is 15.1. The van der Waals surface area contributed by atoms with Gasteiger partial charge >= 0.3 is 0 Å². The van der Waals surface area contributed by atoms with E-state index >= 15 is 0 Å². The van der Waals surface area contributed by atoms with Gasteiger partial charge in [0.2, 0.25) is 6.20 Å². The third-order valence-corrected chi connectivity index (χ3v) is 7.54. The number of rotatable bonds is 2. The molecule has 3 nitrogen and oxygen atoms in total. The summed E-state index contributed by atoms with van der Waals surface area (Å²) in [7, 11) is -1.67. The van der Waals surface area contributed by atoms with Crippen molar-refractivity contribution in [3.05, 3.63) is 64.3 Å². The van der Waals surface area contributed by atoms with E-state index in [1.165, 1.54) is 21.5 Å². The monoisotopic (exact) mass is 281 g/mol. The number of fused-ring (bicyclic) bond motifs is 3. The second kappa shape index (κ2) is 4.42. The summed E-state index contributed by atoms with van der Waals surface area (Å²) >= 11 is 0. The molecule has 1 aliphatic rings. The largest absolute Gasteiger partial charge is 0.259 e. The van der Waals surface area contributed by atoms with Crippen molar-refractivity contribution >= 4 is 24.5 Å². The Morgan fingerprint density at radius 1 is 1.05 bits per heavy atom. The molecule has 0 fully saturated rings. The summed E-state index contributed by atoms with van der Waals surface area (Å²) in [5.41, 5.74) is 3.51. The van der Waals surface area contributed by atoms with Gasteiger partial charge < -0.3 is 0 Å². The molecule has 2 aromatic carbocycles. The van der Waals surface area contributed by atoms with E-state index in [1.54, 1.807) is 6.08 Å². The van der Waals surface area contributed by atoms with Gasteiger partial charge in [0.15, 0.2) is 0 Å². The van der Waals surface area contributed by atoms with Crippen LogP contribution in [-0.2, 0) is 0 Å². The lowest BCUT2D eigenvalue weighted by Crippen LogP contribution is -2.49. The third kappa shape index (κ3) is 1.89. The van der Waals surface area contributed by atoms with Crippen molar-refractivity contribution < 1.29 is 4.92 Å². The van der Waals surface area contributed by atoms with Gasteiger partial charge in [-0.05, 0) is 27.1 Å². The minimum atomic E-state index is -1.67. The first-order valence-electron chi connectivity index (χ1n) is 6.56. The van der Waals surface area contributed by atoms with Crippen LogP contribution in [0.3, 0.4) is 0 Å². The molecule has 0 spiro atoms. The van der Waals surface area contributed by atoms with Crippen molar-refractivity contribution in [3.8, 4) is 11.1 Å². The Hall–Kier alpha value is -2.20. The average Bonchev–Trinajstić information content (AvgIpc) is 2.66. The molecule has 100 valence electrons. The fraction of sp³-hybridized carbons (Fsp3) is 0.125. The fourth-order valence-corrected chi connectivity index (χ4v) is 6.09. The van der Waals surface area contributed by atoms with Crippen molar-refractivity contribution in [1.82, 2.24) is 0 Å². The first kappa shape index (κ1) is 12.8. The topological polar surface area (TPSA) is 43.1 Å². The van der Waals surface area contributed by atoms with Crippen molar-refractivity contribution in [2.24, 2.45) is 0 Å². The molecular formula is C16H15NO2Si. The van der Waals surface area contributed by atoms with Crippen LogP contribution in [0, 0.1) is 10.1 Å². The molecule has 0 atom stereocenters. The Kier molecular flexibility index (Phi) is 2.83. The summed E-state index contributed by atoms with van der Waals surface area (Å²) in [6.45, 7) is 4.66. The summed E-state index contributed by atoms with van der Waals surface area (Å²) in [5.74, 6) is 0. The average molecular weight is 281 g/mol. The van der Waals surface area contributed by atoms with Gasteiger partial charge in [0.1, 0.15) is 8.07 Å². The van der Waals surface area contributed by atoms with E-state index in [9.17, 15) is 10.1 Å². The minimum Gasteiger partial charge on any atom is -0.259 e. The predicted molar refractivity (Wildman–Crippen MR) is 84.7 cm³/mol. The van der Waals surface area contributed by atoms with Crippen LogP contribution >= 0.6 is 0 Å². The highest BCUT2D eigenvalue weighted by Crippen LogP contribution is 2.28. The van der Waals surface area contributed by atoms with Gasteiger partial charge in [0, 0.05) is 6.08 Å². The van der Waals surface area contributed by atoms with E-state index in [0.717, 1.165) is 11.8 Å². The van der Waals surface area contributed by atoms with Crippen LogP contribution in [0.25, 0.3) is 17.2 Å². The number of nitrogens with zero attached hydrogens (tertiary/aromatic N) is 1. The molecule has 3 rings (SSSR count). The molecule has 0 radical (unpaired) electrons. The van der Waals surface area contributed by atoms with E-state index in [-0.39, 0.29) is 0 Å². The van der Waals surface area contributed by atoms with Crippen LogP contribution in [-0.4, -0.2) is 13.0 Å². The summed E-state index contributed by atoms with van der Waals surface area (Å²) < 4.78 is 0. The Morgan fingerprint density at radius 2 is 1.75 bits per heavy atom. The fourth-order valence-electron chi connectivity index (χ4n) is 2.97. The highest BCUT2D eigenvalue weighted by atomic mass is 28.3. The first-order chi connectivity index (χ1) is 9.50. The SMILES string of the molecule is C[Si]1(C)c2ccccc2-c2ccc(/C=C\[N+](=O)[O-])cc21. The summed E-state index contributed by atoms with van der Waals surface area (Å²) in [4.78, 5) is 10.0. The van der Waals surface area contributed by atoms with Crippen molar-refractivity contribution in [2.45, 2.75) is 13.1 Å². The molecule has 20 heavy (non-hydrogen) atoms. The van der Waals surface area contributed by atoms with E-state index < -0.39 is 13.0 Å². The Bertz CT molecular complexity index is 735. The van der Waals surface area contributed by atoms with Gasteiger partial charge in [-0.2, -0.15) is 0 Å². The van der Waals surface area contributed by atoms with Crippen LogP contribution in [0.15, 0.2) is 48.7 Å². The van der Waals surface area contributed by atoms with E-state index in [2.05, 4.69) is 49.5 Å². The predicted octanol–water partition coefficient (Wildman–Crippen LogP) is 2.74. The summed E-state index contributed by atoms with van der Waals surface area (Å²) in [6, 6.07) is 14.7. The lowest BCUT2D eigenvalue weighted by molar-refractivity contribution is -0.400. The smallest absolute Gasteiger partial charge is 0.235 e. The van der Waals surface area contributed by atoms with Gasteiger partial charge in [-0.1, -0.05) is 55.6 Å². The third-order valence-electron chi connectivity index (χ3n) is 4.00. The Morgan fingerprint density at radius 3 is 2.50 bits per heavy atom. The zero-order valence-electron chi connectivity index (χ0n) is 11.5. The molecule has 0 aliphatic carbocycles. The molecule has 0 unspecified atom stereocenters. The van der Waals surface area contributed by atoms with Crippen molar-refractivity contribution in [1.29, 1.82) is 0 Å². The Balaban J connectivity index is 2.15. The number of nitro groups is 1. The molecule has 1 aliphatic heterocycles. The molecule has 0 saturated carbocycles. The maximum absolute atomic E-state index is 10.4. The highest BCUT2D eigenvalue weighted by Gasteiger charge is 2.36. The van der Waals surface area contributed by atoms with Crippen LogP contribution in [0.5, 0.6) is 0 Å². The quantitative estimate of drug-likeness (QED) is 0.482. The second-order valence-corrected chi connectivity index (χ2v) is 9.90. The van der Waals surface area contributed by atoms with Gasteiger partial charge in [-0.3, -0.25) is 10.1 Å². The number of hydrogen-bond donors (Lipinski definition) is 0. The lowest BCUT2D eigenvalue weighted by Gasteiger charge is -2.18. The number of hydrogen-bond acceptors (Lipinski definition) is 2. The van der Waals surface area contributed by atoms with Gasteiger partial charge in [0.25, 0.3) is 0 Å². The lowest BCUT2D eigenvalue weighted by atomic mass is 10.0. The zero-order chi connectivity index (χ0) is 14.3. The molecule has 0 amide bonds. The highest BCUT2D eigenvalue weighted by molar-refractivity contribution is 7.03. The first-order valence-corrected chi connectivity index (χ1v) is 9.56. The van der Waals surface area contributed by atoms with Crippen LogP contribution < -0.4 is 10.4 Å². The molecule has 1 heterocycles. The summed E-state index contributed by atoms with van der Waals surface area (Å²) in [5, 5.41) is 13.3. The second-order valence-electron chi connectivity index (χ2n) is 5.58. The molecule has 0 bridgehead atoms. The molecule has 4 heteroatoms. The molecular weight excluding hydrogens is 266 g/mol. The molecule has 2 aromatic rings. The van der Waals surface area contributed by atoms with Crippen LogP contribution in [0.2, 0.25) is 13.1 Å². The van der Waals surface area contributed by atoms with Gasteiger partial charge in [-0.25, -0.2) is 0 Å². The standard InChI is InChI=1S/C16H15NO2Si/c1-20(2)15-6-4-3-5-13(15)14-8-7-12(11-16(14)20)9-10-17(18)19/h3-11H,1-2H3/b10-9-. The minimum absolute atomic E-state index is 0.426. The summed E-state index contributed by atoms with van der Waals surface area (Å²) in [6.07, 6.45) is 2.56. The van der Waals surface area contributed by atoms with E-state index in [1.807, 2.05) is 6.07 Å². The maximum atomic E-state index is 10.4. The molecule has 0 saturated heterocycles. The van der Waals surface area contributed by atoms with Crippen LogP contribution in [0.4, 0.5) is 0 Å². The van der Waals surface area contributed by atoms with E-state index in [0.29, 0.717) is 0 Å². The zero-order valence-corrected chi connectivity index (χ0v) is 12.5. The molecule has 0 aromatic heterocycles. The maximum Gasteiger partial charge on any atom is 0.235 e. The van der Waals surface area contributed by atoms with E-state index in [4.69, 9.17) is 0 Å². The number of benzene rings is 2. The van der Waals surface area contributed by atoms with Crippen molar-refractivity contribution in [2.75, 3.05) is 0 Å². The van der Waals surface area contributed by atoms with Gasteiger partial charge in [0.05, 0.1) is 4.92 Å².